The number of carbonyl (C=O) groups is 2. The summed E-state index contributed by atoms with van der Waals surface area (Å²) in [4.78, 5) is 26.9. The van der Waals surface area contributed by atoms with Crippen LogP contribution in [0.2, 0.25) is 10.0 Å². The predicted molar refractivity (Wildman–Crippen MR) is 139 cm³/mol. The number of nitrogens with zero attached hydrogens (tertiary/aromatic N) is 1. The fourth-order valence-corrected chi connectivity index (χ4v) is 4.04. The molecule has 0 radical (unpaired) electrons. The molecule has 1 aliphatic rings. The summed E-state index contributed by atoms with van der Waals surface area (Å²) in [6.07, 6.45) is 0. The molecule has 1 aromatic heterocycles. The second-order valence-corrected chi connectivity index (χ2v) is 8.75. The molecular formula is C24H21Cl2N3O5S. The molecule has 2 heterocycles. The first-order valence-electron chi connectivity index (χ1n) is 10.6. The number of hydrogen-bond acceptors (Lipinski definition) is 7. The number of ether oxygens (including phenoxy) is 2. The van der Waals surface area contributed by atoms with Crippen LogP contribution in [0.5, 0.6) is 0 Å². The molecule has 182 valence electrons. The highest BCUT2D eigenvalue weighted by Crippen LogP contribution is 2.30. The van der Waals surface area contributed by atoms with Gasteiger partial charge in [-0.1, -0.05) is 23.2 Å². The van der Waals surface area contributed by atoms with Gasteiger partial charge in [0.25, 0.3) is 5.91 Å². The van der Waals surface area contributed by atoms with Crippen molar-refractivity contribution in [3.8, 4) is 11.3 Å². The molecule has 35 heavy (non-hydrogen) atoms. The smallest absolute Gasteiger partial charge is 0.337 e. The van der Waals surface area contributed by atoms with Crippen molar-refractivity contribution in [1.82, 2.24) is 5.32 Å². The van der Waals surface area contributed by atoms with E-state index >= 15 is 0 Å². The number of amides is 1. The van der Waals surface area contributed by atoms with E-state index in [4.69, 9.17) is 49.3 Å². The van der Waals surface area contributed by atoms with Gasteiger partial charge in [0.2, 0.25) is 0 Å². The molecule has 4 rings (SSSR count). The number of methoxy groups -OCH3 is 1. The maximum absolute atomic E-state index is 12.7. The second kappa shape index (κ2) is 11.1. The van der Waals surface area contributed by atoms with E-state index in [2.05, 4.69) is 15.5 Å². The number of rotatable bonds is 5. The van der Waals surface area contributed by atoms with E-state index in [0.717, 1.165) is 5.69 Å². The Morgan fingerprint density at radius 1 is 1.03 bits per heavy atom. The quantitative estimate of drug-likeness (QED) is 0.349. The summed E-state index contributed by atoms with van der Waals surface area (Å²) in [7, 11) is 1.31. The normalized spacial score (nSPS) is 13.3. The summed E-state index contributed by atoms with van der Waals surface area (Å²) in [5.74, 6) is -0.507. The Morgan fingerprint density at radius 2 is 1.80 bits per heavy atom. The highest BCUT2D eigenvalue weighted by atomic mass is 35.5. The van der Waals surface area contributed by atoms with Gasteiger partial charge in [-0.2, -0.15) is 0 Å². The molecule has 1 aliphatic heterocycles. The minimum Gasteiger partial charge on any atom is -0.465 e. The van der Waals surface area contributed by atoms with E-state index in [1.165, 1.54) is 13.2 Å². The van der Waals surface area contributed by atoms with Crippen LogP contribution in [0.1, 0.15) is 20.9 Å². The lowest BCUT2D eigenvalue weighted by Crippen LogP contribution is -2.38. The molecule has 1 saturated heterocycles. The molecule has 0 atom stereocenters. The molecule has 1 amide bonds. The van der Waals surface area contributed by atoms with E-state index < -0.39 is 11.9 Å². The van der Waals surface area contributed by atoms with Crippen molar-refractivity contribution in [2.45, 2.75) is 0 Å². The number of esters is 1. The third kappa shape index (κ3) is 5.94. The number of benzene rings is 2. The van der Waals surface area contributed by atoms with Gasteiger partial charge in [-0.05, 0) is 60.7 Å². The lowest BCUT2D eigenvalue weighted by Gasteiger charge is -2.31. The lowest BCUT2D eigenvalue weighted by molar-refractivity contribution is 0.0600. The molecule has 11 heteroatoms. The Hall–Kier alpha value is -3.11. The molecule has 0 unspecified atom stereocenters. The summed E-state index contributed by atoms with van der Waals surface area (Å²) in [6.45, 7) is 2.52. The van der Waals surface area contributed by atoms with E-state index in [9.17, 15) is 9.59 Å². The topological polar surface area (TPSA) is 93.0 Å². The standard InChI is InChI=1S/C24H21Cl2N3O5S/c1-32-23(31)15-3-5-19(29-8-10-33-11-9-29)18(13-15)27-24(35)28-22(30)21-7-6-20(34-21)14-2-4-16(25)17(26)12-14/h2-7,12-13H,8-11H2,1H3,(H2,27,28,30,35). The van der Waals surface area contributed by atoms with Crippen LogP contribution < -0.4 is 15.5 Å². The SMILES string of the molecule is COC(=O)c1ccc(N2CCOCC2)c(NC(=S)NC(=O)c2ccc(-c3ccc(Cl)c(Cl)c3)o2)c1. The molecule has 2 N–H and O–H groups in total. The molecule has 1 fully saturated rings. The third-order valence-corrected chi connectivity index (χ3v) is 6.22. The molecule has 0 saturated carbocycles. The van der Waals surface area contributed by atoms with Crippen molar-refractivity contribution in [3.63, 3.8) is 0 Å². The fourth-order valence-electron chi connectivity index (χ4n) is 3.54. The first-order chi connectivity index (χ1) is 16.9. The highest BCUT2D eigenvalue weighted by molar-refractivity contribution is 7.80. The number of furan rings is 1. The maximum Gasteiger partial charge on any atom is 0.337 e. The van der Waals surface area contributed by atoms with Gasteiger partial charge >= 0.3 is 5.97 Å². The Kier molecular flexibility index (Phi) is 7.92. The largest absolute Gasteiger partial charge is 0.465 e. The van der Waals surface area contributed by atoms with Crippen molar-refractivity contribution < 1.29 is 23.5 Å². The van der Waals surface area contributed by atoms with Crippen LogP contribution in [0, 0.1) is 0 Å². The van der Waals surface area contributed by atoms with E-state index in [-0.39, 0.29) is 10.9 Å². The minimum atomic E-state index is -0.536. The molecule has 3 aromatic rings. The number of anilines is 2. The average Bonchev–Trinajstić information content (AvgIpc) is 3.36. The zero-order valence-electron chi connectivity index (χ0n) is 18.6. The maximum atomic E-state index is 12.7. The van der Waals surface area contributed by atoms with Gasteiger partial charge in [0.15, 0.2) is 10.9 Å². The first kappa shape index (κ1) is 25.0. The van der Waals surface area contributed by atoms with Crippen LogP contribution >= 0.6 is 35.4 Å². The van der Waals surface area contributed by atoms with Gasteiger partial charge in [-0.25, -0.2) is 4.79 Å². The lowest BCUT2D eigenvalue weighted by atomic mass is 10.1. The van der Waals surface area contributed by atoms with E-state index in [0.29, 0.717) is 58.9 Å². The summed E-state index contributed by atoms with van der Waals surface area (Å²) >= 11 is 17.4. The molecule has 2 aromatic carbocycles. The zero-order valence-corrected chi connectivity index (χ0v) is 20.9. The summed E-state index contributed by atoms with van der Waals surface area (Å²) < 4.78 is 15.9. The molecule has 0 spiro atoms. The molecule has 0 bridgehead atoms. The Labute approximate surface area is 217 Å². The zero-order chi connectivity index (χ0) is 24.9. The average molecular weight is 534 g/mol. The van der Waals surface area contributed by atoms with Crippen LogP contribution in [0.3, 0.4) is 0 Å². The predicted octanol–water partition coefficient (Wildman–Crippen LogP) is 5.00. The van der Waals surface area contributed by atoms with Gasteiger partial charge in [0.1, 0.15) is 5.76 Å². The van der Waals surface area contributed by atoms with Crippen molar-refractivity contribution in [2.24, 2.45) is 0 Å². The van der Waals surface area contributed by atoms with E-state index in [1.807, 2.05) is 0 Å². The Balaban J connectivity index is 1.49. The van der Waals surface area contributed by atoms with Crippen LogP contribution in [0.4, 0.5) is 11.4 Å². The minimum absolute atomic E-state index is 0.0408. The van der Waals surface area contributed by atoms with Crippen LogP contribution in [-0.2, 0) is 9.47 Å². The van der Waals surface area contributed by atoms with Gasteiger partial charge in [-0.15, -0.1) is 0 Å². The number of hydrogen-bond donors (Lipinski definition) is 2. The van der Waals surface area contributed by atoms with Crippen LogP contribution in [0.15, 0.2) is 52.9 Å². The van der Waals surface area contributed by atoms with Crippen LogP contribution in [0.25, 0.3) is 11.3 Å². The monoisotopic (exact) mass is 533 g/mol. The fraction of sp³-hybridized carbons (Fsp3) is 0.208. The number of carbonyl (C=O) groups excluding carboxylic acids is 2. The number of thiocarbonyl (C=S) groups is 1. The number of nitrogens with one attached hydrogen (secondary N) is 2. The molecule has 0 aliphatic carbocycles. The number of morpholine rings is 1. The van der Waals surface area contributed by atoms with E-state index in [1.54, 1.807) is 42.5 Å². The van der Waals surface area contributed by atoms with Crippen molar-refractivity contribution in [3.05, 3.63) is 69.9 Å². The van der Waals surface area contributed by atoms with Crippen molar-refractivity contribution in [1.29, 1.82) is 0 Å². The molecule has 8 nitrogen and oxygen atoms in total. The van der Waals surface area contributed by atoms with Gasteiger partial charge < -0.3 is 24.1 Å². The Morgan fingerprint density at radius 3 is 2.51 bits per heavy atom. The third-order valence-electron chi connectivity index (χ3n) is 5.28. The first-order valence-corrected chi connectivity index (χ1v) is 11.7. The van der Waals surface area contributed by atoms with Crippen LogP contribution in [-0.4, -0.2) is 50.4 Å². The van der Waals surface area contributed by atoms with Crippen molar-refractivity contribution in [2.75, 3.05) is 43.6 Å². The summed E-state index contributed by atoms with van der Waals surface area (Å²) in [5.41, 5.74) is 2.39. The number of halogens is 2. The molecular weight excluding hydrogens is 513 g/mol. The van der Waals surface area contributed by atoms with Gasteiger partial charge in [0.05, 0.1) is 47.3 Å². The Bertz CT molecular complexity index is 1270. The van der Waals surface area contributed by atoms with Gasteiger partial charge in [-0.3, -0.25) is 10.1 Å². The second-order valence-electron chi connectivity index (χ2n) is 7.52. The summed E-state index contributed by atoms with van der Waals surface area (Å²) in [5, 5.41) is 6.46. The highest BCUT2D eigenvalue weighted by Gasteiger charge is 2.19. The summed E-state index contributed by atoms with van der Waals surface area (Å²) in [6, 6.07) is 13.3. The van der Waals surface area contributed by atoms with Gasteiger partial charge in [0, 0.05) is 18.7 Å². The van der Waals surface area contributed by atoms with Crippen molar-refractivity contribution >= 4 is 63.8 Å².